The van der Waals surface area contributed by atoms with E-state index in [0.717, 1.165) is 23.1 Å². The molecule has 0 bridgehead atoms. The molecule has 0 radical (unpaired) electrons. The first kappa shape index (κ1) is 11.5. The molecule has 2 aromatic rings. The van der Waals surface area contributed by atoms with Gasteiger partial charge in [0.15, 0.2) is 0 Å². The molecule has 86 valence electrons. The summed E-state index contributed by atoms with van der Waals surface area (Å²) in [7, 11) is 0. The SMILES string of the molecule is C=CCc1ccc(O)c(-c2ccc(C)cc2)c1. The van der Waals surface area contributed by atoms with Crippen LogP contribution >= 0.6 is 0 Å². The van der Waals surface area contributed by atoms with Crippen LogP contribution in [0.25, 0.3) is 11.1 Å². The third kappa shape index (κ3) is 2.56. The Morgan fingerprint density at radius 2 is 1.82 bits per heavy atom. The number of hydrogen-bond donors (Lipinski definition) is 1. The summed E-state index contributed by atoms with van der Waals surface area (Å²) in [5.41, 5.74) is 4.30. The number of allylic oxidation sites excluding steroid dienone is 1. The molecule has 0 saturated heterocycles. The first-order chi connectivity index (χ1) is 8.20. The molecule has 0 aromatic heterocycles. The van der Waals surface area contributed by atoms with Gasteiger partial charge in [-0.05, 0) is 36.6 Å². The van der Waals surface area contributed by atoms with Crippen molar-refractivity contribution in [3.63, 3.8) is 0 Å². The van der Waals surface area contributed by atoms with E-state index >= 15 is 0 Å². The molecule has 2 aromatic carbocycles. The normalized spacial score (nSPS) is 10.2. The summed E-state index contributed by atoms with van der Waals surface area (Å²) in [6, 6.07) is 13.8. The zero-order valence-electron chi connectivity index (χ0n) is 9.98. The highest BCUT2D eigenvalue weighted by atomic mass is 16.3. The van der Waals surface area contributed by atoms with Gasteiger partial charge in [0.1, 0.15) is 5.75 Å². The van der Waals surface area contributed by atoms with Crippen LogP contribution in [-0.2, 0) is 6.42 Å². The minimum Gasteiger partial charge on any atom is -0.507 e. The summed E-state index contributed by atoms with van der Waals surface area (Å²) in [5, 5.41) is 9.90. The lowest BCUT2D eigenvalue weighted by Crippen LogP contribution is -1.85. The number of hydrogen-bond acceptors (Lipinski definition) is 1. The Morgan fingerprint density at radius 3 is 2.47 bits per heavy atom. The van der Waals surface area contributed by atoms with Crippen molar-refractivity contribution in [2.24, 2.45) is 0 Å². The Bertz CT molecular complexity index is 524. The standard InChI is InChI=1S/C16H16O/c1-3-4-13-7-10-16(17)15(11-13)14-8-5-12(2)6-9-14/h3,5-11,17H,1,4H2,2H3. The summed E-state index contributed by atoms with van der Waals surface area (Å²) in [6.45, 7) is 5.78. The van der Waals surface area contributed by atoms with Crippen LogP contribution in [0.15, 0.2) is 55.1 Å². The van der Waals surface area contributed by atoms with E-state index in [4.69, 9.17) is 0 Å². The summed E-state index contributed by atoms with van der Waals surface area (Å²) in [4.78, 5) is 0. The van der Waals surface area contributed by atoms with Crippen LogP contribution in [0, 0.1) is 6.92 Å². The molecule has 0 aliphatic rings. The quantitative estimate of drug-likeness (QED) is 0.778. The second kappa shape index (κ2) is 4.88. The van der Waals surface area contributed by atoms with Gasteiger partial charge in [-0.1, -0.05) is 42.0 Å². The minimum absolute atomic E-state index is 0.321. The zero-order chi connectivity index (χ0) is 12.3. The molecule has 1 N–H and O–H groups in total. The second-order valence-electron chi connectivity index (χ2n) is 4.21. The number of phenolic OH excluding ortho intramolecular Hbond substituents is 1. The molecule has 0 fully saturated rings. The number of aromatic hydroxyl groups is 1. The van der Waals surface area contributed by atoms with Crippen molar-refractivity contribution in [2.75, 3.05) is 0 Å². The first-order valence-corrected chi connectivity index (χ1v) is 5.70. The molecule has 1 heteroatoms. The molecular weight excluding hydrogens is 208 g/mol. The largest absolute Gasteiger partial charge is 0.507 e. The maximum atomic E-state index is 9.90. The molecule has 0 aliphatic heterocycles. The summed E-state index contributed by atoms with van der Waals surface area (Å²) in [5.74, 6) is 0.321. The van der Waals surface area contributed by atoms with Gasteiger partial charge >= 0.3 is 0 Å². The van der Waals surface area contributed by atoms with Crippen LogP contribution in [0.4, 0.5) is 0 Å². The lowest BCUT2D eigenvalue weighted by atomic mass is 10.00. The van der Waals surface area contributed by atoms with E-state index in [2.05, 4.69) is 25.6 Å². The van der Waals surface area contributed by atoms with Crippen molar-refractivity contribution < 1.29 is 5.11 Å². The topological polar surface area (TPSA) is 20.2 Å². The van der Waals surface area contributed by atoms with Gasteiger partial charge in [-0.25, -0.2) is 0 Å². The monoisotopic (exact) mass is 224 g/mol. The average molecular weight is 224 g/mol. The van der Waals surface area contributed by atoms with Crippen LogP contribution in [0.1, 0.15) is 11.1 Å². The Labute approximate surface area is 102 Å². The van der Waals surface area contributed by atoms with Crippen molar-refractivity contribution in [3.8, 4) is 16.9 Å². The number of aryl methyl sites for hydroxylation is 1. The van der Waals surface area contributed by atoms with E-state index in [9.17, 15) is 5.11 Å². The molecule has 0 heterocycles. The average Bonchev–Trinajstić information content (AvgIpc) is 2.33. The highest BCUT2D eigenvalue weighted by Gasteiger charge is 2.04. The summed E-state index contributed by atoms with van der Waals surface area (Å²) < 4.78 is 0. The molecule has 0 unspecified atom stereocenters. The van der Waals surface area contributed by atoms with Crippen molar-refractivity contribution in [3.05, 3.63) is 66.2 Å². The number of benzene rings is 2. The smallest absolute Gasteiger partial charge is 0.123 e. The molecule has 1 nitrogen and oxygen atoms in total. The van der Waals surface area contributed by atoms with E-state index in [1.165, 1.54) is 5.56 Å². The van der Waals surface area contributed by atoms with E-state index in [-0.39, 0.29) is 0 Å². The van der Waals surface area contributed by atoms with E-state index in [0.29, 0.717) is 5.75 Å². The number of phenols is 1. The van der Waals surface area contributed by atoms with E-state index < -0.39 is 0 Å². The van der Waals surface area contributed by atoms with Crippen molar-refractivity contribution in [1.82, 2.24) is 0 Å². The Kier molecular flexibility index (Phi) is 3.29. The Morgan fingerprint density at radius 1 is 1.12 bits per heavy atom. The van der Waals surface area contributed by atoms with Gasteiger partial charge in [0.25, 0.3) is 0 Å². The highest BCUT2D eigenvalue weighted by Crippen LogP contribution is 2.30. The fraction of sp³-hybridized carbons (Fsp3) is 0.125. The zero-order valence-corrected chi connectivity index (χ0v) is 9.98. The van der Waals surface area contributed by atoms with Gasteiger partial charge in [-0.15, -0.1) is 6.58 Å². The van der Waals surface area contributed by atoms with E-state index in [1.54, 1.807) is 6.07 Å². The van der Waals surface area contributed by atoms with Gasteiger partial charge in [-0.3, -0.25) is 0 Å². The lowest BCUT2D eigenvalue weighted by molar-refractivity contribution is 0.477. The van der Waals surface area contributed by atoms with Crippen molar-refractivity contribution >= 4 is 0 Å². The Hall–Kier alpha value is -2.02. The molecule has 17 heavy (non-hydrogen) atoms. The summed E-state index contributed by atoms with van der Waals surface area (Å²) in [6.07, 6.45) is 2.68. The van der Waals surface area contributed by atoms with Gasteiger partial charge in [-0.2, -0.15) is 0 Å². The minimum atomic E-state index is 0.321. The molecule has 0 saturated carbocycles. The molecule has 0 aliphatic carbocycles. The van der Waals surface area contributed by atoms with Crippen molar-refractivity contribution in [1.29, 1.82) is 0 Å². The van der Waals surface area contributed by atoms with Crippen molar-refractivity contribution in [2.45, 2.75) is 13.3 Å². The molecule has 2 rings (SSSR count). The van der Waals surface area contributed by atoms with Gasteiger partial charge in [0.2, 0.25) is 0 Å². The second-order valence-corrected chi connectivity index (χ2v) is 4.21. The van der Waals surface area contributed by atoms with Gasteiger partial charge in [0.05, 0.1) is 0 Å². The van der Waals surface area contributed by atoms with Gasteiger partial charge in [0, 0.05) is 5.56 Å². The number of rotatable bonds is 3. The maximum absolute atomic E-state index is 9.90. The van der Waals surface area contributed by atoms with Crippen LogP contribution < -0.4 is 0 Å². The predicted octanol–water partition coefficient (Wildman–Crippen LogP) is 4.10. The molecular formula is C16H16O. The molecule has 0 amide bonds. The third-order valence-corrected chi connectivity index (χ3v) is 2.80. The van der Waals surface area contributed by atoms with Crippen LogP contribution in [0.2, 0.25) is 0 Å². The van der Waals surface area contributed by atoms with Gasteiger partial charge < -0.3 is 5.11 Å². The molecule has 0 spiro atoms. The Balaban J connectivity index is 2.46. The van der Waals surface area contributed by atoms with Crippen LogP contribution in [0.3, 0.4) is 0 Å². The lowest BCUT2D eigenvalue weighted by Gasteiger charge is -2.07. The highest BCUT2D eigenvalue weighted by molar-refractivity contribution is 5.71. The fourth-order valence-electron chi connectivity index (χ4n) is 1.84. The van der Waals surface area contributed by atoms with E-state index in [1.807, 2.05) is 30.3 Å². The maximum Gasteiger partial charge on any atom is 0.123 e. The third-order valence-electron chi connectivity index (χ3n) is 2.80. The molecule has 0 atom stereocenters. The summed E-state index contributed by atoms with van der Waals surface area (Å²) >= 11 is 0. The van der Waals surface area contributed by atoms with Crippen LogP contribution in [0.5, 0.6) is 5.75 Å². The fourth-order valence-corrected chi connectivity index (χ4v) is 1.84. The first-order valence-electron chi connectivity index (χ1n) is 5.70. The van der Waals surface area contributed by atoms with Crippen LogP contribution in [-0.4, -0.2) is 5.11 Å². The predicted molar refractivity (Wildman–Crippen MR) is 72.2 cm³/mol.